The van der Waals surface area contributed by atoms with Gasteiger partial charge in [-0.05, 0) is 31.7 Å². The van der Waals surface area contributed by atoms with Crippen molar-refractivity contribution in [2.75, 3.05) is 26.3 Å². The number of nitrogens with two attached hydrogens (primary N) is 1. The molecule has 0 aromatic rings. The molecule has 1 aliphatic carbocycles. The summed E-state index contributed by atoms with van der Waals surface area (Å²) in [6.07, 6.45) is 3.61. The van der Waals surface area contributed by atoms with Gasteiger partial charge in [0, 0.05) is 13.2 Å². The van der Waals surface area contributed by atoms with Crippen molar-refractivity contribution in [3.63, 3.8) is 0 Å². The first-order chi connectivity index (χ1) is 6.29. The number of hydrogen-bond donors (Lipinski definition) is 2. The van der Waals surface area contributed by atoms with Crippen LogP contribution in [0.15, 0.2) is 0 Å². The van der Waals surface area contributed by atoms with Crippen LogP contribution < -0.4 is 11.1 Å². The molecular weight excluding hydrogens is 168 g/mol. The minimum Gasteiger partial charge on any atom is -0.381 e. The Morgan fingerprint density at radius 2 is 2.31 bits per heavy atom. The Morgan fingerprint density at radius 3 is 2.92 bits per heavy atom. The second-order valence-electron chi connectivity index (χ2n) is 3.51. The number of hydrogen-bond acceptors (Lipinski definition) is 3. The van der Waals surface area contributed by atoms with Gasteiger partial charge in [0.15, 0.2) is 0 Å². The third kappa shape index (κ3) is 6.54. The van der Waals surface area contributed by atoms with Crippen molar-refractivity contribution < 1.29 is 9.53 Å². The predicted octanol–water partition coefficient (Wildman–Crippen LogP) is -0.122. The van der Waals surface area contributed by atoms with Gasteiger partial charge >= 0.3 is 0 Å². The highest BCUT2D eigenvalue weighted by Gasteiger charge is 2.20. The first-order valence-corrected chi connectivity index (χ1v) is 4.86. The van der Waals surface area contributed by atoms with Crippen LogP contribution in [-0.2, 0) is 9.53 Å². The molecule has 0 saturated heterocycles. The molecule has 1 rings (SSSR count). The highest BCUT2D eigenvalue weighted by Crippen LogP contribution is 2.28. The smallest absolute Gasteiger partial charge is 0.231 e. The van der Waals surface area contributed by atoms with Crippen LogP contribution in [0.3, 0.4) is 0 Å². The van der Waals surface area contributed by atoms with Crippen LogP contribution >= 0.6 is 0 Å². The molecule has 0 unspecified atom stereocenters. The molecule has 1 amide bonds. The summed E-state index contributed by atoms with van der Waals surface area (Å²) in [6, 6.07) is 0. The maximum absolute atomic E-state index is 10.3. The normalized spacial score (nSPS) is 16.0. The maximum Gasteiger partial charge on any atom is 0.231 e. The average Bonchev–Trinajstić information content (AvgIpc) is 2.86. The van der Waals surface area contributed by atoms with E-state index in [0.29, 0.717) is 0 Å². The minimum atomic E-state index is -0.307. The van der Waals surface area contributed by atoms with Gasteiger partial charge in [0.2, 0.25) is 5.91 Å². The Bertz CT molecular complexity index is 158. The molecule has 4 nitrogen and oxygen atoms in total. The Morgan fingerprint density at radius 1 is 1.54 bits per heavy atom. The fourth-order valence-corrected chi connectivity index (χ4v) is 1.05. The monoisotopic (exact) mass is 186 g/mol. The number of ether oxygens (including phenoxy) is 1. The standard InChI is InChI=1S/C9H18N2O2/c10-9(12)6-11-4-1-5-13-7-8-2-3-8/h8,11H,1-7H2,(H2,10,12). The summed E-state index contributed by atoms with van der Waals surface area (Å²) < 4.78 is 5.41. The number of carbonyl (C=O) groups is 1. The lowest BCUT2D eigenvalue weighted by molar-refractivity contribution is -0.117. The second kappa shape index (κ2) is 5.94. The summed E-state index contributed by atoms with van der Waals surface area (Å²) in [5.41, 5.74) is 4.95. The number of nitrogens with one attached hydrogen (secondary N) is 1. The largest absolute Gasteiger partial charge is 0.381 e. The van der Waals surface area contributed by atoms with Gasteiger partial charge < -0.3 is 15.8 Å². The molecule has 0 spiro atoms. The van der Waals surface area contributed by atoms with E-state index in [1.807, 2.05) is 0 Å². The van der Waals surface area contributed by atoms with Crippen LogP contribution in [0.2, 0.25) is 0 Å². The van der Waals surface area contributed by atoms with Crippen LogP contribution in [0.25, 0.3) is 0 Å². The molecule has 1 saturated carbocycles. The summed E-state index contributed by atoms with van der Waals surface area (Å²) in [4.78, 5) is 10.3. The molecule has 3 N–H and O–H groups in total. The third-order valence-corrected chi connectivity index (χ3v) is 1.99. The Hall–Kier alpha value is -0.610. The molecule has 0 heterocycles. The van der Waals surface area contributed by atoms with Crippen molar-refractivity contribution in [3.8, 4) is 0 Å². The molecule has 0 atom stereocenters. The van der Waals surface area contributed by atoms with Crippen molar-refractivity contribution in [1.29, 1.82) is 0 Å². The summed E-state index contributed by atoms with van der Waals surface area (Å²) in [6.45, 7) is 2.76. The van der Waals surface area contributed by atoms with Crippen molar-refractivity contribution >= 4 is 5.91 Å². The van der Waals surface area contributed by atoms with E-state index in [1.54, 1.807) is 0 Å². The van der Waals surface area contributed by atoms with Gasteiger partial charge in [-0.1, -0.05) is 0 Å². The summed E-state index contributed by atoms with van der Waals surface area (Å²) in [5, 5.41) is 2.93. The van der Waals surface area contributed by atoms with Gasteiger partial charge in [0.1, 0.15) is 0 Å². The molecule has 0 radical (unpaired) electrons. The maximum atomic E-state index is 10.3. The Kier molecular flexibility index (Phi) is 4.78. The van der Waals surface area contributed by atoms with Gasteiger partial charge in [0.25, 0.3) is 0 Å². The molecule has 1 fully saturated rings. The molecular formula is C9H18N2O2. The van der Waals surface area contributed by atoms with Crippen molar-refractivity contribution in [2.24, 2.45) is 11.7 Å². The number of primary amides is 1. The second-order valence-corrected chi connectivity index (χ2v) is 3.51. The van der Waals surface area contributed by atoms with E-state index in [-0.39, 0.29) is 12.5 Å². The van der Waals surface area contributed by atoms with E-state index < -0.39 is 0 Å². The van der Waals surface area contributed by atoms with E-state index in [0.717, 1.165) is 32.1 Å². The summed E-state index contributed by atoms with van der Waals surface area (Å²) in [7, 11) is 0. The van der Waals surface area contributed by atoms with Crippen LogP contribution in [0.5, 0.6) is 0 Å². The molecule has 1 aliphatic rings. The van der Waals surface area contributed by atoms with E-state index >= 15 is 0 Å². The molecule has 13 heavy (non-hydrogen) atoms. The predicted molar refractivity (Wildman–Crippen MR) is 50.2 cm³/mol. The van der Waals surface area contributed by atoms with E-state index in [4.69, 9.17) is 10.5 Å². The van der Waals surface area contributed by atoms with E-state index in [1.165, 1.54) is 12.8 Å². The zero-order valence-corrected chi connectivity index (χ0v) is 7.92. The Labute approximate surface area is 78.8 Å². The van der Waals surface area contributed by atoms with E-state index in [2.05, 4.69) is 5.32 Å². The highest BCUT2D eigenvalue weighted by atomic mass is 16.5. The van der Waals surface area contributed by atoms with Crippen molar-refractivity contribution in [3.05, 3.63) is 0 Å². The first-order valence-electron chi connectivity index (χ1n) is 4.86. The lowest BCUT2D eigenvalue weighted by Crippen LogP contribution is -2.29. The zero-order chi connectivity index (χ0) is 9.52. The van der Waals surface area contributed by atoms with Crippen LogP contribution in [0.4, 0.5) is 0 Å². The van der Waals surface area contributed by atoms with Gasteiger partial charge in [0.05, 0.1) is 6.54 Å². The van der Waals surface area contributed by atoms with Crippen LogP contribution in [0.1, 0.15) is 19.3 Å². The van der Waals surface area contributed by atoms with E-state index in [9.17, 15) is 4.79 Å². The van der Waals surface area contributed by atoms with Gasteiger partial charge in [-0.2, -0.15) is 0 Å². The average molecular weight is 186 g/mol. The summed E-state index contributed by atoms with van der Waals surface area (Å²) >= 11 is 0. The summed E-state index contributed by atoms with van der Waals surface area (Å²) in [5.74, 6) is 0.525. The van der Waals surface area contributed by atoms with Crippen molar-refractivity contribution in [2.45, 2.75) is 19.3 Å². The Balaban J connectivity index is 1.70. The third-order valence-electron chi connectivity index (χ3n) is 1.99. The lowest BCUT2D eigenvalue weighted by atomic mass is 10.4. The molecule has 0 aromatic carbocycles. The lowest BCUT2D eigenvalue weighted by Gasteiger charge is -2.03. The zero-order valence-electron chi connectivity index (χ0n) is 7.92. The van der Waals surface area contributed by atoms with Crippen LogP contribution in [0, 0.1) is 5.92 Å². The number of rotatable bonds is 8. The first kappa shape index (κ1) is 10.5. The highest BCUT2D eigenvalue weighted by molar-refractivity contribution is 5.75. The topological polar surface area (TPSA) is 64.4 Å². The van der Waals surface area contributed by atoms with Crippen molar-refractivity contribution in [1.82, 2.24) is 5.32 Å². The molecule has 0 aromatic heterocycles. The molecule has 76 valence electrons. The van der Waals surface area contributed by atoms with Crippen LogP contribution in [-0.4, -0.2) is 32.2 Å². The number of amides is 1. The minimum absolute atomic E-state index is 0.266. The molecule has 0 bridgehead atoms. The SMILES string of the molecule is NC(=O)CNCCCOCC1CC1. The van der Waals surface area contributed by atoms with Gasteiger partial charge in [-0.3, -0.25) is 4.79 Å². The quantitative estimate of drug-likeness (QED) is 0.519. The number of carbonyl (C=O) groups excluding carboxylic acids is 1. The van der Waals surface area contributed by atoms with Gasteiger partial charge in [-0.15, -0.1) is 0 Å². The van der Waals surface area contributed by atoms with Gasteiger partial charge in [-0.25, -0.2) is 0 Å². The fourth-order valence-electron chi connectivity index (χ4n) is 1.05. The molecule has 0 aliphatic heterocycles. The molecule has 4 heteroatoms. The fraction of sp³-hybridized carbons (Fsp3) is 0.889.